The van der Waals surface area contributed by atoms with Gasteiger partial charge in [-0.15, -0.1) is 0 Å². The Bertz CT molecular complexity index is 956. The molecule has 1 amide bonds. The zero-order valence-corrected chi connectivity index (χ0v) is 16.7. The minimum Gasteiger partial charge on any atom is -0.368 e. The maximum absolute atomic E-state index is 13.1. The molecule has 0 aliphatic carbocycles. The van der Waals surface area contributed by atoms with E-state index < -0.39 is 5.41 Å². The minimum atomic E-state index is -0.739. The smallest absolute Gasteiger partial charge is 0.236 e. The zero-order chi connectivity index (χ0) is 20.3. The van der Waals surface area contributed by atoms with E-state index in [-0.39, 0.29) is 17.8 Å². The van der Waals surface area contributed by atoms with Gasteiger partial charge in [-0.1, -0.05) is 49.7 Å². The number of hydrogen-bond donors (Lipinski definition) is 2. The van der Waals surface area contributed by atoms with Gasteiger partial charge in [0, 0.05) is 24.2 Å². The van der Waals surface area contributed by atoms with Gasteiger partial charge >= 0.3 is 0 Å². The van der Waals surface area contributed by atoms with Gasteiger partial charge in [0.2, 0.25) is 11.9 Å². The number of anilines is 2. The minimum absolute atomic E-state index is 0.0607. The lowest BCUT2D eigenvalue weighted by Crippen LogP contribution is -2.42. The van der Waals surface area contributed by atoms with Crippen LogP contribution in [0.15, 0.2) is 55.0 Å². The average molecular weight is 396 g/mol. The Morgan fingerprint density at radius 2 is 1.64 bits per heavy atom. The number of aromatic nitrogens is 3. The van der Waals surface area contributed by atoms with Crippen molar-refractivity contribution in [2.24, 2.45) is 5.92 Å². The molecule has 0 aliphatic heterocycles. The van der Waals surface area contributed by atoms with Crippen LogP contribution in [0.4, 0.5) is 11.8 Å². The fourth-order valence-electron chi connectivity index (χ4n) is 2.92. The largest absolute Gasteiger partial charge is 0.368 e. The molecule has 0 bridgehead atoms. The van der Waals surface area contributed by atoms with Crippen molar-refractivity contribution < 1.29 is 4.79 Å². The molecule has 7 heteroatoms. The molecular formula is C21H22ClN5O. The van der Waals surface area contributed by atoms with E-state index in [0.717, 1.165) is 16.7 Å². The highest BCUT2D eigenvalue weighted by Gasteiger charge is 2.38. The Kier molecular flexibility index (Phi) is 5.61. The molecule has 0 fully saturated rings. The fraction of sp³-hybridized carbons (Fsp3) is 0.238. The van der Waals surface area contributed by atoms with Gasteiger partial charge in [-0.3, -0.25) is 4.79 Å². The van der Waals surface area contributed by atoms with Crippen molar-refractivity contribution in [1.82, 2.24) is 15.0 Å². The molecule has 3 rings (SSSR count). The van der Waals surface area contributed by atoms with Crippen LogP contribution in [0.5, 0.6) is 0 Å². The fourth-order valence-corrected chi connectivity index (χ4v) is 3.03. The van der Waals surface area contributed by atoms with Crippen LogP contribution in [0.2, 0.25) is 5.02 Å². The van der Waals surface area contributed by atoms with Gasteiger partial charge in [0.1, 0.15) is 5.82 Å². The summed E-state index contributed by atoms with van der Waals surface area (Å²) in [5, 5.41) is 3.42. The van der Waals surface area contributed by atoms with Crippen LogP contribution in [-0.2, 0) is 10.2 Å². The summed E-state index contributed by atoms with van der Waals surface area (Å²) in [4.78, 5) is 25.3. The van der Waals surface area contributed by atoms with E-state index >= 15 is 0 Å². The first-order valence-electron chi connectivity index (χ1n) is 8.92. The molecule has 1 atom stereocenters. The first-order valence-corrected chi connectivity index (χ1v) is 9.30. The van der Waals surface area contributed by atoms with Gasteiger partial charge in [-0.05, 0) is 36.1 Å². The first-order chi connectivity index (χ1) is 13.3. The number of nitrogens with one attached hydrogen (secondary N) is 1. The van der Waals surface area contributed by atoms with E-state index in [1.807, 2.05) is 45.0 Å². The number of benzene rings is 1. The number of halogens is 1. The zero-order valence-electron chi connectivity index (χ0n) is 16.0. The maximum Gasteiger partial charge on any atom is 0.236 e. The van der Waals surface area contributed by atoms with Crippen molar-refractivity contribution in [1.29, 1.82) is 0 Å². The van der Waals surface area contributed by atoms with Gasteiger partial charge in [-0.2, -0.15) is 0 Å². The molecule has 3 aromatic rings. The molecule has 6 nitrogen and oxygen atoms in total. The summed E-state index contributed by atoms with van der Waals surface area (Å²) >= 11 is 5.87. The van der Waals surface area contributed by atoms with Crippen molar-refractivity contribution in [2.75, 3.05) is 11.1 Å². The second-order valence-corrected chi connectivity index (χ2v) is 7.52. The van der Waals surface area contributed by atoms with Gasteiger partial charge in [0.15, 0.2) is 0 Å². The molecule has 3 N–H and O–H groups in total. The van der Waals surface area contributed by atoms with E-state index in [0.29, 0.717) is 10.8 Å². The first kappa shape index (κ1) is 19.8. The van der Waals surface area contributed by atoms with E-state index in [1.54, 1.807) is 24.5 Å². The number of amides is 1. The maximum atomic E-state index is 13.1. The predicted molar refractivity (Wildman–Crippen MR) is 112 cm³/mol. The highest BCUT2D eigenvalue weighted by molar-refractivity contribution is 6.30. The summed E-state index contributed by atoms with van der Waals surface area (Å²) in [6.45, 7) is 5.98. The number of hydrogen-bond acceptors (Lipinski definition) is 5. The van der Waals surface area contributed by atoms with E-state index in [4.69, 9.17) is 17.3 Å². The van der Waals surface area contributed by atoms with Gasteiger partial charge in [0.25, 0.3) is 0 Å². The lowest BCUT2D eigenvalue weighted by Gasteiger charge is -2.33. The molecule has 2 aromatic heterocycles. The standard InChI is InChI=1S/C21H22ClN5O/c1-13(2)21(3,19(28)27-18-9-8-17(22)12-24-18)16-6-4-14(5-7-16)15-10-25-20(23)26-11-15/h4-13H,1-3H3,(H2,23,25,26)(H,24,27,28). The third kappa shape index (κ3) is 3.97. The number of rotatable bonds is 5. The number of nitrogens with two attached hydrogens (primary N) is 1. The molecule has 28 heavy (non-hydrogen) atoms. The number of nitrogen functional groups attached to an aromatic ring is 1. The van der Waals surface area contributed by atoms with Crippen molar-refractivity contribution in [3.63, 3.8) is 0 Å². The van der Waals surface area contributed by atoms with Gasteiger partial charge in [-0.25, -0.2) is 15.0 Å². The van der Waals surface area contributed by atoms with Crippen LogP contribution in [0.1, 0.15) is 26.3 Å². The highest BCUT2D eigenvalue weighted by atomic mass is 35.5. The van der Waals surface area contributed by atoms with Crippen LogP contribution in [0.3, 0.4) is 0 Å². The van der Waals surface area contributed by atoms with Crippen molar-refractivity contribution in [2.45, 2.75) is 26.2 Å². The SMILES string of the molecule is CC(C)C(C)(C(=O)Nc1ccc(Cl)cn1)c1ccc(-c2cnc(N)nc2)cc1. The Morgan fingerprint density at radius 3 is 2.18 bits per heavy atom. The third-order valence-electron chi connectivity index (χ3n) is 5.09. The summed E-state index contributed by atoms with van der Waals surface area (Å²) in [5.74, 6) is 0.642. The Balaban J connectivity index is 1.88. The average Bonchev–Trinajstić information content (AvgIpc) is 2.69. The third-order valence-corrected chi connectivity index (χ3v) is 5.31. The second kappa shape index (κ2) is 7.94. The van der Waals surface area contributed by atoms with Crippen LogP contribution in [0.25, 0.3) is 11.1 Å². The van der Waals surface area contributed by atoms with E-state index in [2.05, 4.69) is 20.3 Å². The predicted octanol–water partition coefficient (Wildman–Crippen LogP) is 4.33. The highest BCUT2D eigenvalue weighted by Crippen LogP contribution is 2.34. The summed E-state index contributed by atoms with van der Waals surface area (Å²) in [5.41, 5.74) is 7.53. The van der Waals surface area contributed by atoms with Crippen molar-refractivity contribution in [3.8, 4) is 11.1 Å². The lowest BCUT2D eigenvalue weighted by atomic mass is 9.72. The van der Waals surface area contributed by atoms with Crippen LogP contribution in [0, 0.1) is 5.92 Å². The Morgan fingerprint density at radius 1 is 1.00 bits per heavy atom. The topological polar surface area (TPSA) is 93.8 Å². The molecular weight excluding hydrogens is 374 g/mol. The van der Waals surface area contributed by atoms with Gasteiger partial charge < -0.3 is 11.1 Å². The van der Waals surface area contributed by atoms with Crippen molar-refractivity contribution >= 4 is 29.3 Å². The summed E-state index contributed by atoms with van der Waals surface area (Å²) in [7, 11) is 0. The summed E-state index contributed by atoms with van der Waals surface area (Å²) < 4.78 is 0. The Labute approximate surface area is 169 Å². The normalized spacial score (nSPS) is 13.2. The Hall–Kier alpha value is -2.99. The van der Waals surface area contributed by atoms with Crippen LogP contribution >= 0.6 is 11.6 Å². The molecule has 144 valence electrons. The van der Waals surface area contributed by atoms with Gasteiger partial charge in [0.05, 0.1) is 10.4 Å². The molecule has 0 saturated carbocycles. The molecule has 0 saturated heterocycles. The van der Waals surface area contributed by atoms with Crippen LogP contribution < -0.4 is 11.1 Å². The monoisotopic (exact) mass is 395 g/mol. The number of carbonyl (C=O) groups is 1. The number of carbonyl (C=O) groups excluding carboxylic acids is 1. The summed E-state index contributed by atoms with van der Waals surface area (Å²) in [6, 6.07) is 11.2. The molecule has 1 aromatic carbocycles. The molecule has 0 spiro atoms. The van der Waals surface area contributed by atoms with E-state index in [1.165, 1.54) is 6.20 Å². The number of pyridine rings is 1. The van der Waals surface area contributed by atoms with Crippen molar-refractivity contribution in [3.05, 3.63) is 65.6 Å². The van der Waals surface area contributed by atoms with Crippen LogP contribution in [-0.4, -0.2) is 20.9 Å². The molecule has 0 radical (unpaired) electrons. The quantitative estimate of drug-likeness (QED) is 0.670. The van der Waals surface area contributed by atoms with E-state index in [9.17, 15) is 4.79 Å². The summed E-state index contributed by atoms with van der Waals surface area (Å²) in [6.07, 6.45) is 4.86. The second-order valence-electron chi connectivity index (χ2n) is 7.08. The number of nitrogens with zero attached hydrogens (tertiary/aromatic N) is 3. The lowest BCUT2D eigenvalue weighted by molar-refractivity contribution is -0.122. The molecule has 2 heterocycles. The molecule has 1 unspecified atom stereocenters. The molecule has 0 aliphatic rings.